The van der Waals surface area contributed by atoms with Crippen molar-refractivity contribution in [2.45, 2.75) is 67.8 Å². The van der Waals surface area contributed by atoms with Crippen LogP contribution in [0.2, 0.25) is 0 Å². The maximum atomic E-state index is 14.0. The first-order valence-electron chi connectivity index (χ1n) is 13.1. The number of carbonyl (C=O) groups is 1. The maximum absolute atomic E-state index is 14.0. The lowest BCUT2D eigenvalue weighted by molar-refractivity contribution is -0.129. The Morgan fingerprint density at radius 2 is 1.68 bits per heavy atom. The Labute approximate surface area is 208 Å². The van der Waals surface area contributed by atoms with Crippen molar-refractivity contribution < 1.29 is 4.79 Å². The number of hydrogen-bond acceptors (Lipinski definition) is 3. The molecule has 7 rings (SSSR count). The third-order valence-corrected chi connectivity index (χ3v) is 11.1. The first kappa shape index (κ1) is 22.5. The van der Waals surface area contributed by atoms with Crippen LogP contribution >= 0.6 is 11.8 Å². The molecule has 178 valence electrons. The topological polar surface area (TPSA) is 55.4 Å². The molecule has 34 heavy (non-hydrogen) atoms. The predicted molar refractivity (Wildman–Crippen MR) is 141 cm³/mol. The van der Waals surface area contributed by atoms with Crippen molar-refractivity contribution in [2.24, 2.45) is 33.9 Å². The van der Waals surface area contributed by atoms with Crippen LogP contribution in [0.5, 0.6) is 0 Å². The summed E-state index contributed by atoms with van der Waals surface area (Å²) in [5.74, 6) is 2.90. The van der Waals surface area contributed by atoms with E-state index >= 15 is 0 Å². The first-order chi connectivity index (χ1) is 16.6. The molecule has 0 radical (unpaired) electrons. The van der Waals surface area contributed by atoms with Crippen molar-refractivity contribution in [1.82, 2.24) is 0 Å². The highest BCUT2D eigenvalue weighted by molar-refractivity contribution is 7.99. The van der Waals surface area contributed by atoms with Crippen LogP contribution in [-0.4, -0.2) is 23.4 Å². The van der Waals surface area contributed by atoms with Crippen molar-refractivity contribution in [3.63, 3.8) is 0 Å². The van der Waals surface area contributed by atoms with Crippen LogP contribution in [0.25, 0.3) is 0 Å². The van der Waals surface area contributed by atoms with Crippen LogP contribution in [-0.2, 0) is 16.0 Å². The molecular formula is C30H36N2OS. The number of nitrogens with two attached hydrogens (primary N) is 1. The minimum atomic E-state index is -0.259. The SMILES string of the molecule is NCC1CCC(=NC(=O)C23CC4CC(c5ccccc5)(CC2C4SCc2ccccc2)C3)CC1. The summed E-state index contributed by atoms with van der Waals surface area (Å²) in [6.07, 6.45) is 8.49. The highest BCUT2D eigenvalue weighted by atomic mass is 32.2. The highest BCUT2D eigenvalue weighted by Crippen LogP contribution is 2.73. The van der Waals surface area contributed by atoms with E-state index in [1.807, 2.05) is 0 Å². The molecule has 2 N–H and O–H groups in total. The van der Waals surface area contributed by atoms with E-state index in [-0.39, 0.29) is 16.7 Å². The first-order valence-corrected chi connectivity index (χ1v) is 14.2. The molecule has 5 fully saturated rings. The average Bonchev–Trinajstić information content (AvgIpc) is 3.26. The molecule has 0 aromatic heterocycles. The summed E-state index contributed by atoms with van der Waals surface area (Å²) in [6.45, 7) is 0.759. The molecule has 0 heterocycles. The molecule has 5 aliphatic rings. The number of carbonyl (C=O) groups excluding carboxylic acids is 1. The fourth-order valence-electron chi connectivity index (χ4n) is 7.92. The molecule has 0 spiro atoms. The molecule has 0 aliphatic heterocycles. The standard InChI is InChI=1S/C30H36N2OS/c31-18-21-11-13-25(14-12-21)32-28(33)30-16-23-15-29(20-30,24-9-5-2-6-10-24)17-26(30)27(23)34-19-22-7-3-1-4-8-22/h1-10,21,23,26-27H,11-20,31H2. The number of thioether (sulfide) groups is 1. The van der Waals surface area contributed by atoms with E-state index in [4.69, 9.17) is 10.7 Å². The summed E-state index contributed by atoms with van der Waals surface area (Å²) in [7, 11) is 0. The Bertz CT molecular complexity index is 1060. The molecule has 5 atom stereocenters. The smallest absolute Gasteiger partial charge is 0.252 e. The monoisotopic (exact) mass is 472 g/mol. The van der Waals surface area contributed by atoms with Gasteiger partial charge in [0.2, 0.25) is 0 Å². The molecule has 4 bridgehead atoms. The van der Waals surface area contributed by atoms with E-state index in [9.17, 15) is 4.79 Å². The van der Waals surface area contributed by atoms with Crippen LogP contribution in [0.15, 0.2) is 65.7 Å². The van der Waals surface area contributed by atoms with Gasteiger partial charge in [-0.05, 0) is 92.2 Å². The summed E-state index contributed by atoms with van der Waals surface area (Å²) in [4.78, 5) is 18.9. The van der Waals surface area contributed by atoms with Crippen LogP contribution in [0.1, 0.15) is 62.5 Å². The van der Waals surface area contributed by atoms with E-state index in [0.717, 1.165) is 63.0 Å². The van der Waals surface area contributed by atoms with Crippen molar-refractivity contribution in [3.05, 3.63) is 71.8 Å². The average molecular weight is 473 g/mol. The second-order valence-corrected chi connectivity index (χ2v) is 12.5. The largest absolute Gasteiger partial charge is 0.330 e. The van der Waals surface area contributed by atoms with Gasteiger partial charge in [-0.3, -0.25) is 4.79 Å². The Hall–Kier alpha value is -1.91. The van der Waals surface area contributed by atoms with Crippen LogP contribution in [0.4, 0.5) is 0 Å². The minimum Gasteiger partial charge on any atom is -0.330 e. The molecule has 0 saturated heterocycles. The van der Waals surface area contributed by atoms with E-state index in [1.54, 1.807) is 0 Å². The molecule has 2 aromatic rings. The van der Waals surface area contributed by atoms with Crippen molar-refractivity contribution in [1.29, 1.82) is 0 Å². The van der Waals surface area contributed by atoms with Crippen LogP contribution < -0.4 is 5.73 Å². The fourth-order valence-corrected chi connectivity index (χ4v) is 9.55. The lowest BCUT2D eigenvalue weighted by Crippen LogP contribution is -2.38. The molecule has 2 aromatic carbocycles. The third kappa shape index (κ3) is 3.78. The Morgan fingerprint density at radius 3 is 2.38 bits per heavy atom. The van der Waals surface area contributed by atoms with Crippen LogP contribution in [0, 0.1) is 23.2 Å². The number of aliphatic imine (C=N–C) groups is 1. The second kappa shape index (κ2) is 8.95. The van der Waals surface area contributed by atoms with Crippen LogP contribution in [0.3, 0.4) is 0 Å². The lowest BCUT2D eigenvalue weighted by Gasteiger charge is -2.42. The zero-order chi connectivity index (χ0) is 23.2. The summed E-state index contributed by atoms with van der Waals surface area (Å²) < 4.78 is 0. The Balaban J connectivity index is 1.28. The van der Waals surface area contributed by atoms with Crippen molar-refractivity contribution in [2.75, 3.05) is 6.54 Å². The molecule has 3 nitrogen and oxygen atoms in total. The molecule has 1 amide bonds. The highest BCUT2D eigenvalue weighted by Gasteiger charge is 2.70. The number of benzene rings is 2. The van der Waals surface area contributed by atoms with Crippen molar-refractivity contribution >= 4 is 23.4 Å². The fraction of sp³-hybridized carbons (Fsp3) is 0.533. The van der Waals surface area contributed by atoms with E-state index in [0.29, 0.717) is 23.0 Å². The summed E-state index contributed by atoms with van der Waals surface area (Å²) >= 11 is 2.10. The van der Waals surface area contributed by atoms with E-state index < -0.39 is 0 Å². The van der Waals surface area contributed by atoms with Gasteiger partial charge in [-0.25, -0.2) is 4.99 Å². The Kier molecular flexibility index (Phi) is 5.93. The molecule has 5 aliphatic carbocycles. The third-order valence-electron chi connectivity index (χ3n) is 9.49. The molecular weight excluding hydrogens is 436 g/mol. The lowest BCUT2D eigenvalue weighted by atomic mass is 9.63. The molecule has 4 heteroatoms. The number of hydrogen-bond donors (Lipinski definition) is 1. The van der Waals surface area contributed by atoms with Crippen molar-refractivity contribution in [3.8, 4) is 0 Å². The minimum absolute atomic E-state index is 0.158. The van der Waals surface area contributed by atoms with Gasteiger partial charge in [0.25, 0.3) is 5.91 Å². The predicted octanol–water partition coefficient (Wildman–Crippen LogP) is 6.16. The summed E-state index contributed by atoms with van der Waals surface area (Å²) in [5.41, 5.74) is 9.76. The summed E-state index contributed by atoms with van der Waals surface area (Å²) in [5, 5.41) is 0.566. The normalized spacial score (nSPS) is 36.1. The van der Waals surface area contributed by atoms with Gasteiger partial charge in [-0.15, -0.1) is 0 Å². The van der Waals surface area contributed by atoms with Gasteiger partial charge >= 0.3 is 0 Å². The zero-order valence-electron chi connectivity index (χ0n) is 20.0. The Morgan fingerprint density at radius 1 is 0.971 bits per heavy atom. The number of nitrogens with zero attached hydrogens (tertiary/aromatic N) is 1. The van der Waals surface area contributed by atoms with Gasteiger partial charge in [-0.1, -0.05) is 60.7 Å². The second-order valence-electron chi connectivity index (χ2n) is 11.4. The summed E-state index contributed by atoms with van der Waals surface area (Å²) in [6, 6.07) is 21.9. The van der Waals surface area contributed by atoms with E-state index in [1.165, 1.54) is 17.5 Å². The van der Waals surface area contributed by atoms with Gasteiger partial charge < -0.3 is 5.73 Å². The number of amides is 1. The van der Waals surface area contributed by atoms with Gasteiger partial charge in [0, 0.05) is 16.7 Å². The maximum Gasteiger partial charge on any atom is 0.252 e. The van der Waals surface area contributed by atoms with Gasteiger partial charge in [0.1, 0.15) is 0 Å². The molecule has 5 saturated carbocycles. The van der Waals surface area contributed by atoms with E-state index in [2.05, 4.69) is 72.4 Å². The van der Waals surface area contributed by atoms with Gasteiger partial charge in [0.15, 0.2) is 0 Å². The van der Waals surface area contributed by atoms with Gasteiger partial charge in [-0.2, -0.15) is 11.8 Å². The van der Waals surface area contributed by atoms with Gasteiger partial charge in [0.05, 0.1) is 5.41 Å². The molecule has 5 unspecified atom stereocenters. The quantitative estimate of drug-likeness (QED) is 0.547. The number of rotatable bonds is 6. The zero-order valence-corrected chi connectivity index (χ0v) is 20.8.